The number of amidine groups is 1. The van der Waals surface area contributed by atoms with Crippen LogP contribution in [0.3, 0.4) is 0 Å². The highest BCUT2D eigenvalue weighted by atomic mass is 35.5. The van der Waals surface area contributed by atoms with Crippen molar-refractivity contribution in [2.24, 2.45) is 5.73 Å². The molecule has 0 aliphatic rings. The summed E-state index contributed by atoms with van der Waals surface area (Å²) < 4.78 is 0. The Morgan fingerprint density at radius 3 is 3.00 bits per heavy atom. The van der Waals surface area contributed by atoms with Gasteiger partial charge in [0.1, 0.15) is 0 Å². The summed E-state index contributed by atoms with van der Waals surface area (Å²) in [5, 5.41) is 8.95. The highest BCUT2D eigenvalue weighted by Crippen LogP contribution is 2.29. The number of nitrogens with two attached hydrogens (primary N) is 1. The minimum atomic E-state index is 0.0749. The van der Waals surface area contributed by atoms with Crippen LogP contribution in [0.2, 0.25) is 5.02 Å². The molecular weight excluding hydrogens is 218 g/mol. The van der Waals surface area contributed by atoms with Gasteiger partial charge in [-0.1, -0.05) is 23.4 Å². The molecule has 72 valence electrons. The van der Waals surface area contributed by atoms with E-state index in [9.17, 15) is 0 Å². The Labute approximate surface area is 90.1 Å². The van der Waals surface area contributed by atoms with Gasteiger partial charge in [-0.2, -0.15) is 0 Å². The molecule has 0 radical (unpaired) electrons. The summed E-state index contributed by atoms with van der Waals surface area (Å²) in [6.07, 6.45) is 1.83. The zero-order chi connectivity index (χ0) is 10.1. The number of benzene rings is 1. The van der Waals surface area contributed by atoms with Crippen molar-refractivity contribution in [1.82, 2.24) is 4.98 Å². The van der Waals surface area contributed by atoms with Crippen LogP contribution in [0.25, 0.3) is 10.9 Å². The number of aromatic nitrogens is 1. The number of nitrogens with one attached hydrogen (secondary N) is 2. The van der Waals surface area contributed by atoms with E-state index >= 15 is 0 Å². The highest BCUT2D eigenvalue weighted by Gasteiger charge is 2.05. The molecule has 0 aliphatic carbocycles. The van der Waals surface area contributed by atoms with Gasteiger partial charge in [0.05, 0.1) is 0 Å². The fraction of sp³-hybridized carbons (Fsp3) is 0. The van der Waals surface area contributed by atoms with Gasteiger partial charge >= 0.3 is 0 Å². The standard InChI is InChI=1S/C9H8ClN3S/c10-5-1-2-7-6(3-5)8(4-13-7)14-9(11)12/h1-4,13H,(H3,11,12). The molecule has 4 N–H and O–H groups in total. The Kier molecular flexibility index (Phi) is 2.39. The minimum Gasteiger partial charge on any atom is -0.378 e. The first kappa shape index (κ1) is 9.43. The zero-order valence-electron chi connectivity index (χ0n) is 7.17. The van der Waals surface area contributed by atoms with E-state index in [2.05, 4.69) is 4.98 Å². The second kappa shape index (κ2) is 3.55. The van der Waals surface area contributed by atoms with Crippen molar-refractivity contribution < 1.29 is 0 Å². The van der Waals surface area contributed by atoms with Crippen molar-refractivity contribution in [2.45, 2.75) is 4.90 Å². The molecule has 1 aromatic heterocycles. The zero-order valence-corrected chi connectivity index (χ0v) is 8.75. The number of rotatable bonds is 1. The summed E-state index contributed by atoms with van der Waals surface area (Å²) >= 11 is 7.09. The van der Waals surface area contributed by atoms with E-state index in [0.717, 1.165) is 15.8 Å². The molecule has 1 aromatic carbocycles. The Bertz CT molecular complexity index is 492. The van der Waals surface area contributed by atoms with Crippen molar-refractivity contribution >= 4 is 39.4 Å². The van der Waals surface area contributed by atoms with Gasteiger partial charge in [0.25, 0.3) is 0 Å². The average molecular weight is 226 g/mol. The lowest BCUT2D eigenvalue weighted by atomic mass is 10.2. The van der Waals surface area contributed by atoms with E-state index in [1.807, 2.05) is 24.4 Å². The smallest absolute Gasteiger partial charge is 0.156 e. The minimum absolute atomic E-state index is 0.0749. The van der Waals surface area contributed by atoms with E-state index in [4.69, 9.17) is 22.7 Å². The van der Waals surface area contributed by atoms with Gasteiger partial charge in [-0.3, -0.25) is 5.41 Å². The molecule has 0 atom stereocenters. The maximum Gasteiger partial charge on any atom is 0.156 e. The predicted molar refractivity (Wildman–Crippen MR) is 61.1 cm³/mol. The van der Waals surface area contributed by atoms with Crippen LogP contribution in [0.4, 0.5) is 0 Å². The van der Waals surface area contributed by atoms with Gasteiger partial charge in [-0.15, -0.1) is 0 Å². The van der Waals surface area contributed by atoms with Gasteiger partial charge in [0, 0.05) is 27.0 Å². The molecule has 0 unspecified atom stereocenters. The molecule has 3 nitrogen and oxygen atoms in total. The molecule has 2 rings (SSSR count). The third-order valence-corrected chi connectivity index (χ3v) is 2.84. The number of halogens is 1. The number of H-pyrrole nitrogens is 1. The average Bonchev–Trinajstić information content (AvgIpc) is 2.47. The van der Waals surface area contributed by atoms with Crippen molar-refractivity contribution in [3.63, 3.8) is 0 Å². The Morgan fingerprint density at radius 1 is 1.50 bits per heavy atom. The number of hydrogen-bond donors (Lipinski definition) is 3. The van der Waals surface area contributed by atoms with Gasteiger partial charge in [0.2, 0.25) is 0 Å². The Balaban J connectivity index is 2.55. The molecule has 0 fully saturated rings. The summed E-state index contributed by atoms with van der Waals surface area (Å²) in [5.74, 6) is 0. The normalized spacial score (nSPS) is 10.6. The maximum absolute atomic E-state index is 7.19. The first-order valence-electron chi connectivity index (χ1n) is 3.95. The lowest BCUT2D eigenvalue weighted by Gasteiger charge is -1.96. The van der Waals surface area contributed by atoms with Crippen LogP contribution in [0.5, 0.6) is 0 Å². The topological polar surface area (TPSA) is 65.7 Å². The number of fused-ring (bicyclic) bond motifs is 1. The molecule has 0 saturated heterocycles. The van der Waals surface area contributed by atoms with Crippen LogP contribution >= 0.6 is 23.4 Å². The highest BCUT2D eigenvalue weighted by molar-refractivity contribution is 8.13. The van der Waals surface area contributed by atoms with Crippen molar-refractivity contribution in [2.75, 3.05) is 0 Å². The fourth-order valence-corrected chi connectivity index (χ4v) is 2.08. The van der Waals surface area contributed by atoms with Crippen molar-refractivity contribution in [3.8, 4) is 0 Å². The second-order valence-electron chi connectivity index (χ2n) is 2.81. The number of thioether (sulfide) groups is 1. The lowest BCUT2D eigenvalue weighted by Crippen LogP contribution is -2.02. The van der Waals surface area contributed by atoms with Crippen molar-refractivity contribution in [1.29, 1.82) is 5.41 Å². The predicted octanol–water partition coefficient (Wildman–Crippen LogP) is 2.81. The molecule has 0 spiro atoms. The van der Waals surface area contributed by atoms with Gasteiger partial charge in [-0.25, -0.2) is 0 Å². The van der Waals surface area contributed by atoms with E-state index in [1.165, 1.54) is 11.8 Å². The van der Waals surface area contributed by atoms with Crippen LogP contribution in [0.15, 0.2) is 29.3 Å². The van der Waals surface area contributed by atoms with Crippen LogP contribution in [0, 0.1) is 5.41 Å². The monoisotopic (exact) mass is 225 g/mol. The first-order valence-corrected chi connectivity index (χ1v) is 5.15. The van der Waals surface area contributed by atoms with Crippen molar-refractivity contribution in [3.05, 3.63) is 29.4 Å². The van der Waals surface area contributed by atoms with Gasteiger partial charge in [-0.05, 0) is 18.2 Å². The van der Waals surface area contributed by atoms with E-state index in [-0.39, 0.29) is 5.17 Å². The van der Waals surface area contributed by atoms with Gasteiger partial charge in [0.15, 0.2) is 5.17 Å². The van der Waals surface area contributed by atoms with Crippen LogP contribution in [-0.2, 0) is 0 Å². The molecule has 1 heterocycles. The molecule has 0 saturated carbocycles. The molecule has 0 amide bonds. The number of aromatic amines is 1. The molecule has 0 bridgehead atoms. The number of hydrogen-bond acceptors (Lipinski definition) is 2. The largest absolute Gasteiger partial charge is 0.378 e. The van der Waals surface area contributed by atoms with Crippen LogP contribution < -0.4 is 5.73 Å². The molecular formula is C9H8ClN3S. The van der Waals surface area contributed by atoms with Gasteiger partial charge < -0.3 is 10.7 Å². The molecule has 2 aromatic rings. The van der Waals surface area contributed by atoms with E-state index < -0.39 is 0 Å². The van der Waals surface area contributed by atoms with Crippen LogP contribution in [0.1, 0.15) is 0 Å². The first-order chi connectivity index (χ1) is 6.66. The summed E-state index contributed by atoms with van der Waals surface area (Å²) in [6, 6.07) is 5.59. The summed E-state index contributed by atoms with van der Waals surface area (Å²) in [4.78, 5) is 4.01. The summed E-state index contributed by atoms with van der Waals surface area (Å²) in [7, 11) is 0. The van der Waals surface area contributed by atoms with E-state index in [1.54, 1.807) is 0 Å². The van der Waals surface area contributed by atoms with Crippen LogP contribution in [-0.4, -0.2) is 10.2 Å². The second-order valence-corrected chi connectivity index (χ2v) is 4.33. The fourth-order valence-electron chi connectivity index (χ4n) is 1.27. The third-order valence-electron chi connectivity index (χ3n) is 1.83. The summed E-state index contributed by atoms with van der Waals surface area (Å²) in [6.45, 7) is 0. The summed E-state index contributed by atoms with van der Waals surface area (Å²) in [5.41, 5.74) is 6.31. The Hall–Kier alpha value is -1.13. The Morgan fingerprint density at radius 2 is 2.29 bits per heavy atom. The quantitative estimate of drug-likeness (QED) is 0.397. The SMILES string of the molecule is N=C(N)Sc1c[nH]c2ccc(Cl)cc12. The molecule has 5 heteroatoms. The van der Waals surface area contributed by atoms with E-state index in [0.29, 0.717) is 5.02 Å². The lowest BCUT2D eigenvalue weighted by molar-refractivity contribution is 1.42. The molecule has 0 aliphatic heterocycles. The maximum atomic E-state index is 7.19. The molecule has 14 heavy (non-hydrogen) atoms. The third kappa shape index (κ3) is 1.71.